The van der Waals surface area contributed by atoms with Gasteiger partial charge in [0.25, 0.3) is 5.91 Å². The molecule has 160 valence electrons. The Morgan fingerprint density at radius 3 is 2.71 bits per heavy atom. The van der Waals surface area contributed by atoms with E-state index in [4.69, 9.17) is 14.2 Å². The van der Waals surface area contributed by atoms with Crippen LogP contribution in [0.1, 0.15) is 41.4 Å². The number of carbonyl (C=O) groups is 2. The maximum Gasteiger partial charge on any atom is 0.338 e. The number of nitrogens with one attached hydrogen (secondary N) is 2. The van der Waals surface area contributed by atoms with E-state index in [1.54, 1.807) is 31.2 Å². The minimum atomic E-state index is -0.948. The Bertz CT molecular complexity index is 1170. The number of anilines is 1. The Hall–Kier alpha value is -3.48. The Balaban J connectivity index is 1.27. The molecule has 2 heterocycles. The molecule has 5 rings (SSSR count). The number of aromatic amines is 1. The quantitative estimate of drug-likeness (QED) is 0.623. The van der Waals surface area contributed by atoms with Gasteiger partial charge in [0.2, 0.25) is 0 Å². The zero-order valence-electron chi connectivity index (χ0n) is 17.3. The molecule has 7 nitrogen and oxygen atoms in total. The Morgan fingerprint density at radius 1 is 1.03 bits per heavy atom. The van der Waals surface area contributed by atoms with E-state index < -0.39 is 18.0 Å². The van der Waals surface area contributed by atoms with E-state index in [2.05, 4.69) is 10.3 Å². The Morgan fingerprint density at radius 2 is 1.84 bits per heavy atom. The minimum absolute atomic E-state index is 0.412. The van der Waals surface area contributed by atoms with Crippen LogP contribution in [0.5, 0.6) is 11.5 Å². The third-order valence-corrected chi connectivity index (χ3v) is 5.80. The van der Waals surface area contributed by atoms with Crippen molar-refractivity contribution in [1.82, 2.24) is 4.98 Å². The summed E-state index contributed by atoms with van der Waals surface area (Å²) in [6.07, 6.45) is 3.45. The molecule has 1 aromatic heterocycles. The number of rotatable bonds is 4. The molecule has 1 aliphatic carbocycles. The van der Waals surface area contributed by atoms with Gasteiger partial charge < -0.3 is 24.5 Å². The molecule has 1 atom stereocenters. The number of aromatic nitrogens is 1. The van der Waals surface area contributed by atoms with Gasteiger partial charge in [0.15, 0.2) is 17.6 Å². The summed E-state index contributed by atoms with van der Waals surface area (Å²) in [7, 11) is 0. The number of carbonyl (C=O) groups excluding carboxylic acids is 2. The van der Waals surface area contributed by atoms with Crippen LogP contribution < -0.4 is 14.8 Å². The molecule has 7 heteroatoms. The fourth-order valence-corrected chi connectivity index (χ4v) is 4.18. The number of hydrogen-bond acceptors (Lipinski definition) is 5. The SMILES string of the molecule is CC(OC(=O)c1ccc2[nH]c3c(c2c1)CCCC3)C(=O)Nc1ccc2c(c1)OCCO2. The molecule has 0 fully saturated rings. The molecule has 3 aromatic rings. The highest BCUT2D eigenvalue weighted by molar-refractivity contribution is 5.99. The van der Waals surface area contributed by atoms with Gasteiger partial charge >= 0.3 is 5.97 Å². The van der Waals surface area contributed by atoms with E-state index in [-0.39, 0.29) is 0 Å². The van der Waals surface area contributed by atoms with Crippen molar-refractivity contribution in [2.45, 2.75) is 38.7 Å². The lowest BCUT2D eigenvalue weighted by Gasteiger charge is -2.19. The van der Waals surface area contributed by atoms with Gasteiger partial charge in [-0.05, 0) is 68.5 Å². The second-order valence-electron chi connectivity index (χ2n) is 7.94. The first kappa shape index (κ1) is 19.5. The minimum Gasteiger partial charge on any atom is -0.486 e. The van der Waals surface area contributed by atoms with Crippen molar-refractivity contribution in [3.8, 4) is 11.5 Å². The van der Waals surface area contributed by atoms with Gasteiger partial charge in [0.1, 0.15) is 13.2 Å². The number of aryl methyl sites for hydroxylation is 2. The third-order valence-electron chi connectivity index (χ3n) is 5.80. The highest BCUT2D eigenvalue weighted by Crippen LogP contribution is 2.33. The van der Waals surface area contributed by atoms with Crippen LogP contribution in [0, 0.1) is 0 Å². The van der Waals surface area contributed by atoms with E-state index in [9.17, 15) is 9.59 Å². The summed E-state index contributed by atoms with van der Waals surface area (Å²) >= 11 is 0. The highest BCUT2D eigenvalue weighted by atomic mass is 16.6. The van der Waals surface area contributed by atoms with Crippen LogP contribution in [0.4, 0.5) is 5.69 Å². The summed E-state index contributed by atoms with van der Waals surface area (Å²) in [6.45, 7) is 2.53. The van der Waals surface area contributed by atoms with Gasteiger partial charge in [-0.1, -0.05) is 0 Å². The first-order valence-corrected chi connectivity index (χ1v) is 10.6. The number of fused-ring (bicyclic) bond motifs is 4. The maximum absolute atomic E-state index is 12.7. The van der Waals surface area contributed by atoms with Crippen molar-refractivity contribution in [1.29, 1.82) is 0 Å². The van der Waals surface area contributed by atoms with Crippen LogP contribution >= 0.6 is 0 Å². The van der Waals surface area contributed by atoms with Gasteiger partial charge in [-0.3, -0.25) is 4.79 Å². The summed E-state index contributed by atoms with van der Waals surface area (Å²) in [6, 6.07) is 10.7. The molecule has 0 spiro atoms. The fraction of sp³-hybridized carbons (Fsp3) is 0.333. The predicted molar refractivity (Wildman–Crippen MR) is 116 cm³/mol. The van der Waals surface area contributed by atoms with Gasteiger partial charge in [0, 0.05) is 28.4 Å². The normalized spacial score (nSPS) is 15.8. The van der Waals surface area contributed by atoms with Crippen molar-refractivity contribution in [3.05, 3.63) is 53.2 Å². The second kappa shape index (κ2) is 7.98. The molecule has 0 saturated heterocycles. The molecular formula is C24H24N2O5. The lowest BCUT2D eigenvalue weighted by atomic mass is 9.95. The van der Waals surface area contributed by atoms with Crippen molar-refractivity contribution in [3.63, 3.8) is 0 Å². The molecule has 0 saturated carbocycles. The molecule has 0 bridgehead atoms. The van der Waals surface area contributed by atoms with Crippen LogP contribution in [-0.2, 0) is 22.4 Å². The summed E-state index contributed by atoms with van der Waals surface area (Å²) in [5, 5.41) is 3.83. The zero-order chi connectivity index (χ0) is 21.4. The van der Waals surface area contributed by atoms with Crippen LogP contribution in [0.15, 0.2) is 36.4 Å². The highest BCUT2D eigenvalue weighted by Gasteiger charge is 2.22. The van der Waals surface area contributed by atoms with E-state index in [1.165, 1.54) is 17.7 Å². The smallest absolute Gasteiger partial charge is 0.338 e. The zero-order valence-corrected chi connectivity index (χ0v) is 17.3. The average molecular weight is 420 g/mol. The van der Waals surface area contributed by atoms with Crippen molar-refractivity contribution in [2.75, 3.05) is 18.5 Å². The molecule has 2 N–H and O–H groups in total. The van der Waals surface area contributed by atoms with Crippen LogP contribution in [0.3, 0.4) is 0 Å². The largest absolute Gasteiger partial charge is 0.486 e. The fourth-order valence-electron chi connectivity index (χ4n) is 4.18. The molecule has 1 amide bonds. The molecule has 2 aromatic carbocycles. The lowest BCUT2D eigenvalue weighted by Crippen LogP contribution is -2.30. The van der Waals surface area contributed by atoms with Gasteiger partial charge in [-0.25, -0.2) is 4.79 Å². The summed E-state index contributed by atoms with van der Waals surface area (Å²) in [4.78, 5) is 28.7. The Labute approximate surface area is 179 Å². The molecule has 31 heavy (non-hydrogen) atoms. The molecule has 1 aliphatic heterocycles. The summed E-state index contributed by atoms with van der Waals surface area (Å²) in [5.41, 5.74) is 4.59. The maximum atomic E-state index is 12.7. The predicted octanol–water partition coefficient (Wildman–Crippen LogP) is 4.00. The number of hydrogen-bond donors (Lipinski definition) is 2. The van der Waals surface area contributed by atoms with E-state index in [0.717, 1.165) is 30.2 Å². The topological polar surface area (TPSA) is 89.7 Å². The van der Waals surface area contributed by atoms with E-state index in [1.807, 2.05) is 12.1 Å². The number of esters is 1. The Kier molecular flexibility index (Phi) is 5.02. The number of benzene rings is 2. The van der Waals surface area contributed by atoms with E-state index >= 15 is 0 Å². The van der Waals surface area contributed by atoms with E-state index in [0.29, 0.717) is 36.0 Å². The van der Waals surface area contributed by atoms with Crippen LogP contribution in [0.25, 0.3) is 10.9 Å². The van der Waals surface area contributed by atoms with Gasteiger partial charge in [-0.2, -0.15) is 0 Å². The first-order valence-electron chi connectivity index (χ1n) is 10.6. The van der Waals surface area contributed by atoms with Crippen LogP contribution in [-0.4, -0.2) is 36.2 Å². The van der Waals surface area contributed by atoms with Crippen LogP contribution in [0.2, 0.25) is 0 Å². The summed E-state index contributed by atoms with van der Waals surface area (Å²) < 4.78 is 16.5. The van der Waals surface area contributed by atoms with Gasteiger partial charge in [0.05, 0.1) is 5.56 Å². The average Bonchev–Trinajstić information content (AvgIpc) is 3.17. The van der Waals surface area contributed by atoms with Crippen molar-refractivity contribution >= 4 is 28.5 Å². The first-order chi connectivity index (χ1) is 15.1. The monoisotopic (exact) mass is 420 g/mol. The number of ether oxygens (including phenoxy) is 3. The molecule has 1 unspecified atom stereocenters. The number of amides is 1. The standard InChI is InChI=1S/C24H24N2O5/c1-14(23(27)25-16-7-9-21-22(13-16)30-11-10-29-21)31-24(28)15-6-8-20-18(12-15)17-4-2-3-5-19(17)26-20/h6-9,12-14,26H,2-5,10-11H2,1H3,(H,25,27). The van der Waals surface area contributed by atoms with Gasteiger partial charge in [-0.15, -0.1) is 0 Å². The number of H-pyrrole nitrogens is 1. The third kappa shape index (κ3) is 3.83. The molecular weight excluding hydrogens is 396 g/mol. The molecule has 2 aliphatic rings. The lowest BCUT2D eigenvalue weighted by molar-refractivity contribution is -0.123. The van der Waals surface area contributed by atoms with Crippen molar-refractivity contribution in [2.24, 2.45) is 0 Å². The molecule has 0 radical (unpaired) electrons. The van der Waals surface area contributed by atoms with Crippen molar-refractivity contribution < 1.29 is 23.8 Å². The second-order valence-corrected chi connectivity index (χ2v) is 7.94. The summed E-state index contributed by atoms with van der Waals surface area (Å²) in [5.74, 6) is 0.297.